The van der Waals surface area contributed by atoms with Gasteiger partial charge in [0.2, 0.25) is 0 Å². The molecule has 0 spiro atoms. The Bertz CT molecular complexity index is 145. The highest BCUT2D eigenvalue weighted by Gasteiger charge is 1.95. The number of aryl methyl sites for hydroxylation is 1. The molecule has 4 heteroatoms. The molecule has 0 amide bonds. The highest BCUT2D eigenvalue weighted by atomic mass is 127. The van der Waals surface area contributed by atoms with Gasteiger partial charge in [-0.05, 0) is 34.7 Å². The first-order valence-corrected chi connectivity index (χ1v) is 2.83. The first kappa shape index (κ1) is 5.02. The van der Waals surface area contributed by atoms with Crippen LogP contribution >= 0.6 is 22.6 Å². The van der Waals surface area contributed by atoms with Crippen molar-refractivity contribution in [3.63, 3.8) is 0 Å². The highest BCUT2D eigenvalue weighted by molar-refractivity contribution is 14.1. The number of nitrogens with zero attached hydrogens (tertiary/aromatic N) is 2. The fourth-order valence-corrected chi connectivity index (χ4v) is 0.408. The van der Waals surface area contributed by atoms with Crippen LogP contribution in [0.4, 0.5) is 0 Å². The summed E-state index contributed by atoms with van der Waals surface area (Å²) in [7, 11) is 0. The zero-order chi connectivity index (χ0) is 5.28. The Morgan fingerprint density at radius 1 is 1.57 bits per heavy atom. The minimum Gasteiger partial charge on any atom is -0.243 e. The Labute approximate surface area is 54.2 Å². The van der Waals surface area contributed by atoms with Crippen LogP contribution in [0.5, 0.6) is 0 Å². The van der Waals surface area contributed by atoms with Crippen LogP contribution < -0.4 is 0 Å². The monoisotopic (exact) mass is 210 g/mol. The second-order valence-corrected chi connectivity index (χ2v) is 2.16. The largest absolute Gasteiger partial charge is 0.243 e. The normalized spacial score (nSPS) is 9.43. The molecule has 0 bridgehead atoms. The lowest BCUT2D eigenvalue weighted by molar-refractivity contribution is 0.302. The topological polar surface area (TPSA) is 38.9 Å². The molecular formula is C3H3IN2O. The maximum Gasteiger partial charge on any atom is 0.168 e. The van der Waals surface area contributed by atoms with Gasteiger partial charge in [0.25, 0.3) is 0 Å². The SMILES string of the molecule is Cc1nonc1I. The van der Waals surface area contributed by atoms with E-state index in [2.05, 4.69) is 37.5 Å². The molecule has 0 aliphatic rings. The van der Waals surface area contributed by atoms with Crippen molar-refractivity contribution in [1.29, 1.82) is 0 Å². The Hall–Kier alpha value is -0.130. The predicted octanol–water partition coefficient (Wildman–Crippen LogP) is 0.983. The van der Waals surface area contributed by atoms with Crippen molar-refractivity contribution in [2.24, 2.45) is 0 Å². The van der Waals surface area contributed by atoms with Crippen molar-refractivity contribution < 1.29 is 4.63 Å². The summed E-state index contributed by atoms with van der Waals surface area (Å²) < 4.78 is 5.17. The van der Waals surface area contributed by atoms with Gasteiger partial charge >= 0.3 is 0 Å². The third kappa shape index (κ3) is 0.902. The Morgan fingerprint density at radius 2 is 2.29 bits per heavy atom. The van der Waals surface area contributed by atoms with Gasteiger partial charge in [0.05, 0.1) is 0 Å². The molecule has 0 aliphatic heterocycles. The van der Waals surface area contributed by atoms with Crippen LogP contribution in [0.25, 0.3) is 0 Å². The summed E-state index contributed by atoms with van der Waals surface area (Å²) in [4.78, 5) is 0. The lowest BCUT2D eigenvalue weighted by Gasteiger charge is -1.68. The third-order valence-electron chi connectivity index (χ3n) is 0.597. The van der Waals surface area contributed by atoms with Crippen LogP contribution in [0, 0.1) is 10.6 Å². The maximum atomic E-state index is 4.34. The minimum absolute atomic E-state index is 0.831. The average molecular weight is 210 g/mol. The second kappa shape index (κ2) is 1.77. The molecular weight excluding hydrogens is 207 g/mol. The molecule has 1 rings (SSSR count). The summed E-state index contributed by atoms with van der Waals surface area (Å²) in [5.74, 6) is 0. The molecule has 0 aliphatic carbocycles. The van der Waals surface area contributed by atoms with Gasteiger partial charge < -0.3 is 0 Å². The summed E-state index contributed by atoms with van der Waals surface area (Å²) in [6.45, 7) is 1.85. The second-order valence-electron chi connectivity index (χ2n) is 1.14. The van der Waals surface area contributed by atoms with E-state index in [4.69, 9.17) is 0 Å². The molecule has 0 radical (unpaired) electrons. The third-order valence-corrected chi connectivity index (χ3v) is 1.57. The first-order valence-electron chi connectivity index (χ1n) is 1.75. The van der Waals surface area contributed by atoms with Gasteiger partial charge in [0, 0.05) is 0 Å². The van der Waals surface area contributed by atoms with Gasteiger partial charge in [-0.1, -0.05) is 5.16 Å². The van der Waals surface area contributed by atoms with Crippen LogP contribution in [0.2, 0.25) is 0 Å². The van der Waals surface area contributed by atoms with Gasteiger partial charge in [-0.2, -0.15) is 0 Å². The van der Waals surface area contributed by atoms with Gasteiger partial charge in [0.1, 0.15) is 5.69 Å². The summed E-state index contributed by atoms with van der Waals surface area (Å²) in [6.07, 6.45) is 0. The van der Waals surface area contributed by atoms with E-state index >= 15 is 0 Å². The van der Waals surface area contributed by atoms with E-state index in [0.29, 0.717) is 0 Å². The molecule has 1 heterocycles. The van der Waals surface area contributed by atoms with Crippen LogP contribution in [0.1, 0.15) is 5.69 Å². The van der Waals surface area contributed by atoms with Gasteiger partial charge in [-0.25, -0.2) is 4.63 Å². The quantitative estimate of drug-likeness (QED) is 0.599. The zero-order valence-corrected chi connectivity index (χ0v) is 5.84. The standard InChI is InChI=1S/C3H3IN2O/c1-2-3(4)6-7-5-2/h1H3. The predicted molar refractivity (Wildman–Crippen MR) is 31.8 cm³/mol. The smallest absolute Gasteiger partial charge is 0.168 e. The van der Waals surface area contributed by atoms with Crippen LogP contribution in [0.15, 0.2) is 4.63 Å². The number of hydrogen-bond donors (Lipinski definition) is 0. The number of halogens is 1. The summed E-state index contributed by atoms with van der Waals surface area (Å²) in [6, 6.07) is 0. The van der Waals surface area contributed by atoms with E-state index in [1.54, 1.807) is 0 Å². The molecule has 0 fully saturated rings. The highest BCUT2D eigenvalue weighted by Crippen LogP contribution is 2.01. The van der Waals surface area contributed by atoms with Crippen molar-refractivity contribution in [3.8, 4) is 0 Å². The van der Waals surface area contributed by atoms with Gasteiger partial charge in [-0.15, -0.1) is 0 Å². The van der Waals surface area contributed by atoms with Crippen molar-refractivity contribution in [2.45, 2.75) is 6.92 Å². The molecule has 1 aromatic rings. The molecule has 0 N–H and O–H groups in total. The minimum atomic E-state index is 0.831. The Morgan fingerprint density at radius 3 is 2.43 bits per heavy atom. The van der Waals surface area contributed by atoms with E-state index in [-0.39, 0.29) is 0 Å². The summed E-state index contributed by atoms with van der Waals surface area (Å²) in [5.41, 5.74) is 0.848. The molecule has 0 aromatic carbocycles. The molecule has 0 atom stereocenters. The molecule has 1 aromatic heterocycles. The van der Waals surface area contributed by atoms with Crippen LogP contribution in [-0.4, -0.2) is 10.3 Å². The Balaban J connectivity index is 3.12. The van der Waals surface area contributed by atoms with E-state index in [1.165, 1.54) is 0 Å². The first-order chi connectivity index (χ1) is 3.30. The van der Waals surface area contributed by atoms with E-state index in [1.807, 2.05) is 6.92 Å². The van der Waals surface area contributed by atoms with E-state index in [0.717, 1.165) is 9.39 Å². The summed E-state index contributed by atoms with van der Waals surface area (Å²) in [5, 5.41) is 7.04. The van der Waals surface area contributed by atoms with Crippen molar-refractivity contribution in [1.82, 2.24) is 10.3 Å². The average Bonchev–Trinajstić information content (AvgIpc) is 1.91. The fourth-order valence-electron chi connectivity index (χ4n) is 0.221. The van der Waals surface area contributed by atoms with E-state index in [9.17, 15) is 0 Å². The van der Waals surface area contributed by atoms with Crippen LogP contribution in [-0.2, 0) is 0 Å². The van der Waals surface area contributed by atoms with Gasteiger partial charge in [-0.3, -0.25) is 0 Å². The fraction of sp³-hybridized carbons (Fsp3) is 0.333. The number of aromatic nitrogens is 2. The van der Waals surface area contributed by atoms with Crippen LogP contribution in [0.3, 0.4) is 0 Å². The number of hydrogen-bond acceptors (Lipinski definition) is 3. The zero-order valence-electron chi connectivity index (χ0n) is 3.68. The lowest BCUT2D eigenvalue weighted by Crippen LogP contribution is -1.70. The summed E-state index contributed by atoms with van der Waals surface area (Å²) >= 11 is 2.05. The molecule has 7 heavy (non-hydrogen) atoms. The molecule has 0 saturated heterocycles. The maximum absolute atomic E-state index is 4.34. The van der Waals surface area contributed by atoms with Crippen molar-refractivity contribution in [2.75, 3.05) is 0 Å². The molecule has 0 unspecified atom stereocenters. The molecule has 3 nitrogen and oxygen atoms in total. The molecule has 38 valence electrons. The van der Waals surface area contributed by atoms with Gasteiger partial charge in [0.15, 0.2) is 3.70 Å². The lowest BCUT2D eigenvalue weighted by atomic mass is 10.6. The Kier molecular flexibility index (Phi) is 1.27. The number of rotatable bonds is 0. The van der Waals surface area contributed by atoms with Crippen molar-refractivity contribution >= 4 is 22.6 Å². The van der Waals surface area contributed by atoms with Crippen molar-refractivity contribution in [3.05, 3.63) is 9.39 Å². The van der Waals surface area contributed by atoms with E-state index < -0.39 is 0 Å². The molecule has 0 saturated carbocycles.